The molecule has 1 aromatic carbocycles. The molecule has 2 aromatic rings. The van der Waals surface area contributed by atoms with Crippen molar-refractivity contribution in [1.82, 2.24) is 9.88 Å². The van der Waals surface area contributed by atoms with Crippen molar-refractivity contribution < 1.29 is 17.9 Å². The number of hydrogen-bond donors (Lipinski definition) is 1. The lowest BCUT2D eigenvalue weighted by atomic mass is 10.3. The molecule has 1 aliphatic rings. The smallest absolute Gasteiger partial charge is 0.410 e. The predicted molar refractivity (Wildman–Crippen MR) is 81.6 cm³/mol. The van der Waals surface area contributed by atoms with Gasteiger partial charge in [0.1, 0.15) is 5.75 Å². The van der Waals surface area contributed by atoms with Crippen LogP contribution in [-0.4, -0.2) is 30.9 Å². The number of ether oxygens (including phenoxy) is 1. The maximum absolute atomic E-state index is 11.7. The van der Waals surface area contributed by atoms with Crippen LogP contribution in [0.2, 0.25) is 0 Å². The Kier molecular flexibility index (Phi) is 3.72. The molecule has 0 aliphatic carbocycles. The van der Waals surface area contributed by atoms with Gasteiger partial charge in [0.25, 0.3) is 0 Å². The Morgan fingerprint density at radius 1 is 1.18 bits per heavy atom. The van der Waals surface area contributed by atoms with E-state index in [1.54, 1.807) is 12.1 Å². The fourth-order valence-electron chi connectivity index (χ4n) is 2.15. The van der Waals surface area contributed by atoms with Crippen LogP contribution in [0.15, 0.2) is 60.3 Å². The Balaban J connectivity index is 1.59. The van der Waals surface area contributed by atoms with Crippen LogP contribution in [-0.2, 0) is 9.84 Å². The van der Waals surface area contributed by atoms with E-state index in [9.17, 15) is 13.2 Å². The molecule has 1 amide bonds. The summed E-state index contributed by atoms with van der Waals surface area (Å²) in [5.74, 6) is 0.257. The van der Waals surface area contributed by atoms with Crippen molar-refractivity contribution in [3.05, 3.63) is 60.3 Å². The second-order valence-electron chi connectivity index (χ2n) is 4.88. The highest BCUT2D eigenvalue weighted by atomic mass is 32.2. The van der Waals surface area contributed by atoms with Crippen LogP contribution in [0.1, 0.15) is 0 Å². The van der Waals surface area contributed by atoms with Crippen LogP contribution in [0.4, 0.5) is 4.79 Å². The van der Waals surface area contributed by atoms with Crippen LogP contribution < -0.4 is 10.1 Å². The summed E-state index contributed by atoms with van der Waals surface area (Å²) >= 11 is 0. The summed E-state index contributed by atoms with van der Waals surface area (Å²) < 4.78 is 29.6. The maximum atomic E-state index is 11.7. The lowest BCUT2D eigenvalue weighted by molar-refractivity contribution is 0.199. The minimum absolute atomic E-state index is 0.130. The Hall–Kier alpha value is -2.54. The van der Waals surface area contributed by atoms with E-state index < -0.39 is 22.0 Å². The van der Waals surface area contributed by atoms with Crippen molar-refractivity contribution in [2.45, 2.75) is 6.04 Å². The average Bonchev–Trinajstić information content (AvgIpc) is 3.09. The lowest BCUT2D eigenvalue weighted by Crippen LogP contribution is -2.37. The summed E-state index contributed by atoms with van der Waals surface area (Å²) in [6.07, 6.45) is 4.58. The third-order valence-electron chi connectivity index (χ3n) is 3.18. The molecule has 1 N–H and O–H groups in total. The van der Waals surface area contributed by atoms with Crippen molar-refractivity contribution in [2.24, 2.45) is 0 Å². The summed E-state index contributed by atoms with van der Waals surface area (Å²) in [6, 6.07) is 10.3. The van der Waals surface area contributed by atoms with Crippen LogP contribution >= 0.6 is 0 Å². The molecule has 0 fully saturated rings. The maximum Gasteiger partial charge on any atom is 0.413 e. The monoisotopic (exact) mass is 318 g/mol. The highest BCUT2D eigenvalue weighted by molar-refractivity contribution is 7.94. The van der Waals surface area contributed by atoms with Crippen LogP contribution in [0, 0.1) is 0 Å². The molecule has 7 heteroatoms. The number of sulfone groups is 1. The van der Waals surface area contributed by atoms with Gasteiger partial charge >= 0.3 is 6.09 Å². The Morgan fingerprint density at radius 2 is 1.86 bits per heavy atom. The molecule has 0 bridgehead atoms. The molecule has 0 radical (unpaired) electrons. The third kappa shape index (κ3) is 3.37. The minimum atomic E-state index is -3.20. The van der Waals surface area contributed by atoms with E-state index in [4.69, 9.17) is 4.74 Å². The van der Waals surface area contributed by atoms with E-state index in [1.807, 2.05) is 41.2 Å². The van der Waals surface area contributed by atoms with E-state index >= 15 is 0 Å². The molecule has 114 valence electrons. The zero-order valence-electron chi connectivity index (χ0n) is 11.5. The second kappa shape index (κ2) is 5.69. The first kappa shape index (κ1) is 14.4. The van der Waals surface area contributed by atoms with Gasteiger partial charge in [0.05, 0.1) is 11.8 Å². The first-order chi connectivity index (χ1) is 10.5. The average molecular weight is 318 g/mol. The van der Waals surface area contributed by atoms with Crippen LogP contribution in [0.5, 0.6) is 5.75 Å². The molecule has 22 heavy (non-hydrogen) atoms. The number of rotatable bonds is 3. The Morgan fingerprint density at radius 3 is 2.45 bits per heavy atom. The van der Waals surface area contributed by atoms with Crippen molar-refractivity contribution in [3.63, 3.8) is 0 Å². The van der Waals surface area contributed by atoms with E-state index in [0.717, 1.165) is 11.1 Å². The largest absolute Gasteiger partial charge is 0.413 e. The minimum Gasteiger partial charge on any atom is -0.410 e. The zero-order valence-corrected chi connectivity index (χ0v) is 12.4. The number of nitrogens with one attached hydrogen (secondary N) is 1. The topological polar surface area (TPSA) is 77.4 Å². The number of benzene rings is 1. The summed E-state index contributed by atoms with van der Waals surface area (Å²) in [4.78, 5) is 11.7. The van der Waals surface area contributed by atoms with Crippen LogP contribution in [0.25, 0.3) is 5.69 Å². The van der Waals surface area contributed by atoms with Gasteiger partial charge in [0, 0.05) is 23.5 Å². The summed E-state index contributed by atoms with van der Waals surface area (Å²) in [5, 5.41) is 3.59. The number of aromatic nitrogens is 1. The van der Waals surface area contributed by atoms with Gasteiger partial charge in [0.2, 0.25) is 0 Å². The first-order valence-corrected chi connectivity index (χ1v) is 8.36. The SMILES string of the molecule is O=C(N[C@@H]1C=CS(=O)(=O)C1)Oc1ccc(-n2cccc2)cc1. The Bertz CT molecular complexity index is 793. The molecule has 1 aliphatic heterocycles. The lowest BCUT2D eigenvalue weighted by Gasteiger charge is -2.11. The van der Waals surface area contributed by atoms with Gasteiger partial charge in [-0.1, -0.05) is 0 Å². The number of nitrogens with zero attached hydrogens (tertiary/aromatic N) is 1. The molecule has 0 spiro atoms. The van der Waals surface area contributed by atoms with E-state index in [2.05, 4.69) is 5.32 Å². The molecular formula is C15H14N2O4S. The molecule has 1 aromatic heterocycles. The van der Waals surface area contributed by atoms with E-state index in [-0.39, 0.29) is 5.75 Å². The van der Waals surface area contributed by atoms with Crippen LogP contribution in [0.3, 0.4) is 0 Å². The fraction of sp³-hybridized carbons (Fsp3) is 0.133. The highest BCUT2D eigenvalue weighted by Gasteiger charge is 2.23. The van der Waals surface area contributed by atoms with Crippen molar-refractivity contribution in [2.75, 3.05) is 5.75 Å². The third-order valence-corrected chi connectivity index (χ3v) is 4.58. The first-order valence-electron chi connectivity index (χ1n) is 6.65. The van der Waals surface area contributed by atoms with E-state index in [1.165, 1.54) is 6.08 Å². The summed E-state index contributed by atoms with van der Waals surface area (Å²) in [5.41, 5.74) is 0.947. The zero-order chi connectivity index (χ0) is 15.6. The number of carbonyl (C=O) groups excluding carboxylic acids is 1. The molecule has 0 unspecified atom stereocenters. The molecule has 0 saturated carbocycles. The van der Waals surface area contributed by atoms with Crippen molar-refractivity contribution in [3.8, 4) is 11.4 Å². The molecule has 6 nitrogen and oxygen atoms in total. The molecule has 0 saturated heterocycles. The molecule has 3 rings (SSSR count). The summed E-state index contributed by atoms with van der Waals surface area (Å²) in [7, 11) is -3.20. The van der Waals surface area contributed by atoms with Gasteiger partial charge in [-0.3, -0.25) is 0 Å². The summed E-state index contributed by atoms with van der Waals surface area (Å²) in [6.45, 7) is 0. The molecule has 1 atom stereocenters. The van der Waals surface area contributed by atoms with Gasteiger partial charge in [-0.15, -0.1) is 0 Å². The predicted octanol–water partition coefficient (Wildman–Crippen LogP) is 1.88. The number of hydrogen-bond acceptors (Lipinski definition) is 4. The normalized spacial score (nSPS) is 19.0. The molecular weight excluding hydrogens is 304 g/mol. The quantitative estimate of drug-likeness (QED) is 0.937. The van der Waals surface area contributed by atoms with E-state index in [0.29, 0.717) is 5.75 Å². The van der Waals surface area contributed by atoms with Gasteiger partial charge in [-0.05, 0) is 42.5 Å². The second-order valence-corrected chi connectivity index (χ2v) is 6.81. The van der Waals surface area contributed by atoms with Gasteiger partial charge in [-0.25, -0.2) is 13.2 Å². The van der Waals surface area contributed by atoms with Crippen molar-refractivity contribution >= 4 is 15.9 Å². The number of carbonyl (C=O) groups is 1. The fourth-order valence-corrected chi connectivity index (χ4v) is 3.38. The molecule has 2 heterocycles. The van der Waals surface area contributed by atoms with Crippen molar-refractivity contribution in [1.29, 1.82) is 0 Å². The standard InChI is InChI=1S/C15H14N2O4S/c18-15(16-12-7-10-22(19,20)11-12)21-14-5-3-13(4-6-14)17-8-1-2-9-17/h1-10,12H,11H2,(H,16,18)/t12-/m1/s1. The number of amides is 1. The highest BCUT2D eigenvalue weighted by Crippen LogP contribution is 2.16. The Labute approximate surface area is 127 Å². The van der Waals surface area contributed by atoms with Gasteiger partial charge in [-0.2, -0.15) is 0 Å². The van der Waals surface area contributed by atoms with Gasteiger partial charge < -0.3 is 14.6 Å². The van der Waals surface area contributed by atoms with Gasteiger partial charge in [0.15, 0.2) is 9.84 Å².